The standard InChI is InChI=1S/C21H20O3.C20H18O3.C19H16O3.C13H11BrO3.C13H12O3.C7H9BO2.C2H6O.BHNS.Na.H2O/c1-4-23-21(22)18-15(3)24-20(17-8-6-5-7-9-17)19(18)16-12-10-14(2)11-13-16;1-13-9-11-15(12-10-13)18-17(20(21)22-3)14(2)23-19(18)16-7-5-4-6-8-16;1-12-8-10-14(11-9-12)17-16(19(20)21)13(2)22-18(17)15-6-4-3-5-7-15;1-8-10(13(15)16-2)11(14)12(17-8)9-6-4-3-5-7-9;1-9-11(13(14)15-2)8-12(16-9)10-6-4-3-5-7-10;1-6-2-4-7(5-3-6)8(9)10;2*1-2-3;;/h5-13H,4H2,1-3H3;4-12H,1-3H3;3-11H,1-2H3,(H,20,21);3-7H,1-2H3;3-8H,1-2H3;2-5,9-10H,1H3;3H,2H2,1H3;3H;;1H2/q;;;;;;;;+1;/p-1. The number of ether oxygens (including phenoxy) is 4. The summed E-state index contributed by atoms with van der Waals surface area (Å²) in [4.78, 5) is 59.4. The fraction of sp³-hybridized carbons (Fsp3) is 0.168. The second kappa shape index (κ2) is 49.7. The van der Waals surface area contributed by atoms with Crippen molar-refractivity contribution in [2.75, 3.05) is 34.5 Å². The van der Waals surface area contributed by atoms with E-state index >= 15 is 0 Å². The van der Waals surface area contributed by atoms with E-state index in [1.54, 1.807) is 66.7 Å². The molecule has 0 atom stereocenters. The fourth-order valence-electron chi connectivity index (χ4n) is 12.0. The number of carboxylic acid groups (broad SMARTS) is 1. The zero-order valence-electron chi connectivity index (χ0n) is 69.5. The normalized spacial score (nSPS) is 9.95. The average molecular weight is 1710 g/mol. The average Bonchev–Trinajstić information content (AvgIpc) is 1.62. The van der Waals surface area contributed by atoms with Crippen LogP contribution in [0.1, 0.15) is 117 Å². The molecule has 14 rings (SSSR count). The van der Waals surface area contributed by atoms with Gasteiger partial charge in [0.05, 0.1) is 32.4 Å². The summed E-state index contributed by atoms with van der Waals surface area (Å²) >= 11 is 6.58. The summed E-state index contributed by atoms with van der Waals surface area (Å²) in [5.74, 6) is 3.49. The van der Waals surface area contributed by atoms with Crippen molar-refractivity contribution < 1.29 is 120 Å². The zero-order chi connectivity index (χ0) is 86.1. The molecule has 5 heterocycles. The van der Waals surface area contributed by atoms with E-state index in [-0.39, 0.29) is 65.1 Å². The van der Waals surface area contributed by atoms with Crippen LogP contribution in [0.3, 0.4) is 0 Å². The molecule has 0 amide bonds. The Bertz CT molecular complexity index is 5560. The number of nitrogens with zero attached hydrogens (tertiary/aromatic N) is 1. The Kier molecular flexibility index (Phi) is 40.9. The van der Waals surface area contributed by atoms with Gasteiger partial charge in [0, 0.05) is 51.1 Å². The van der Waals surface area contributed by atoms with E-state index in [0.29, 0.717) is 102 Å². The maximum absolute atomic E-state index is 12.5. The van der Waals surface area contributed by atoms with Crippen LogP contribution in [0.2, 0.25) is 0 Å². The van der Waals surface area contributed by atoms with Crippen LogP contribution in [0.5, 0.6) is 0 Å². The number of benzene rings is 9. The number of hydrogen-bond acceptors (Lipinski definition) is 20. The van der Waals surface area contributed by atoms with Crippen LogP contribution in [0, 0.1) is 62.3 Å². The van der Waals surface area contributed by atoms with Crippen molar-refractivity contribution in [1.82, 2.24) is 0 Å². The number of aryl methyl sites for hydroxylation is 9. The van der Waals surface area contributed by atoms with Gasteiger partial charge in [-0.25, -0.2) is 24.0 Å². The molecule has 0 saturated heterocycles. The van der Waals surface area contributed by atoms with Crippen LogP contribution in [-0.2, 0) is 18.9 Å². The number of methoxy groups -OCH3 is 3. The molecule has 0 aliphatic rings. The van der Waals surface area contributed by atoms with Gasteiger partial charge in [0.2, 0.25) is 0 Å². The molecule has 20 nitrogen and oxygen atoms in total. The van der Waals surface area contributed by atoms with Crippen molar-refractivity contribution in [3.63, 3.8) is 0 Å². The van der Waals surface area contributed by atoms with Gasteiger partial charge in [-0.3, -0.25) is 0 Å². The van der Waals surface area contributed by atoms with Gasteiger partial charge < -0.3 is 66.8 Å². The second-order valence-corrected chi connectivity index (χ2v) is 27.1. The molecule has 14 aromatic rings. The predicted molar refractivity (Wildman–Crippen MR) is 472 cm³/mol. The first-order valence-corrected chi connectivity index (χ1v) is 38.4. The van der Waals surface area contributed by atoms with Gasteiger partial charge in [0.1, 0.15) is 85.4 Å². The smallest absolute Gasteiger partial charge is 0.870 e. The molecule has 5 aromatic heterocycles. The Morgan fingerprint density at radius 1 is 0.400 bits per heavy atom. The van der Waals surface area contributed by atoms with Gasteiger partial charge in [0.15, 0.2) is 0 Å². The van der Waals surface area contributed by atoms with Gasteiger partial charge in [-0.05, 0) is 120 Å². The monoisotopic (exact) mass is 1710 g/mol. The number of thiol groups is 1. The van der Waals surface area contributed by atoms with E-state index < -0.39 is 19.1 Å². The predicted octanol–water partition coefficient (Wildman–Crippen LogP) is 18.9. The Morgan fingerprint density at radius 3 is 0.992 bits per heavy atom. The Labute approximate surface area is 736 Å². The molecule has 613 valence electrons. The molecular formula is C95H94B2BrNNaO19S. The largest absolute Gasteiger partial charge is 1.00 e. The summed E-state index contributed by atoms with van der Waals surface area (Å²) in [6.07, 6.45) is 0. The number of carbonyl (C=O) groups is 5. The number of halogens is 1. The molecule has 0 bridgehead atoms. The first kappa shape index (κ1) is 98.9. The third kappa shape index (κ3) is 26.9. The third-order valence-electron chi connectivity index (χ3n) is 17.7. The summed E-state index contributed by atoms with van der Waals surface area (Å²) in [6, 6.07) is 81.1. The van der Waals surface area contributed by atoms with E-state index in [2.05, 4.69) is 45.4 Å². The van der Waals surface area contributed by atoms with Gasteiger partial charge in [0.25, 0.3) is 0 Å². The van der Waals surface area contributed by atoms with Crippen LogP contribution in [0.25, 0.3) is 90.0 Å². The molecule has 1 radical (unpaired) electrons. The zero-order valence-corrected chi connectivity index (χ0v) is 74.0. The molecular weight excluding hydrogens is 1620 g/mol. The van der Waals surface area contributed by atoms with Gasteiger partial charge >= 0.3 is 91.3 Å². The van der Waals surface area contributed by atoms with E-state index in [9.17, 15) is 29.1 Å². The quantitative estimate of drug-likeness (QED) is 0.0276. The van der Waals surface area contributed by atoms with Crippen LogP contribution in [0.4, 0.5) is 0 Å². The van der Waals surface area contributed by atoms with E-state index in [1.165, 1.54) is 21.3 Å². The van der Waals surface area contributed by atoms with Gasteiger partial charge in [-0.1, -0.05) is 271 Å². The van der Waals surface area contributed by atoms with Crippen molar-refractivity contribution in [3.05, 3.63) is 338 Å². The van der Waals surface area contributed by atoms with Crippen LogP contribution >= 0.6 is 28.7 Å². The fourth-order valence-corrected chi connectivity index (χ4v) is 12.7. The molecule has 5 N–H and O–H groups in total. The number of carboxylic acids is 1. The molecule has 0 aliphatic carbocycles. The topological polar surface area (TPSA) is 311 Å². The van der Waals surface area contributed by atoms with Gasteiger partial charge in [-0.2, -0.15) is 0 Å². The van der Waals surface area contributed by atoms with Crippen LogP contribution < -0.4 is 35.0 Å². The molecule has 120 heavy (non-hydrogen) atoms. The second-order valence-electron chi connectivity index (χ2n) is 26.1. The number of esters is 4. The summed E-state index contributed by atoms with van der Waals surface area (Å²) in [5.41, 5.74) is 16.7. The molecule has 0 saturated carbocycles. The number of hydrogen-bond donors (Lipinski definition) is 5. The van der Waals surface area contributed by atoms with Crippen LogP contribution in [0.15, 0.2) is 286 Å². The van der Waals surface area contributed by atoms with Crippen molar-refractivity contribution in [2.45, 2.75) is 76.2 Å². The summed E-state index contributed by atoms with van der Waals surface area (Å²) in [7, 11) is 7.08. The van der Waals surface area contributed by atoms with E-state index in [4.69, 9.17) is 51.5 Å². The summed E-state index contributed by atoms with van der Waals surface area (Å²) in [5, 5.41) is 34.5. The Hall–Kier alpha value is -11.7. The number of aromatic carboxylic acids is 1. The van der Waals surface area contributed by atoms with Crippen LogP contribution in [-0.4, -0.2) is 105 Å². The van der Waals surface area contributed by atoms with Crippen molar-refractivity contribution in [2.24, 2.45) is 4.30 Å². The third-order valence-corrected chi connectivity index (χ3v) is 18.4. The molecule has 0 fully saturated rings. The van der Waals surface area contributed by atoms with Gasteiger partial charge in [-0.15, -0.1) is 0 Å². The number of furan rings is 5. The molecule has 0 aliphatic heterocycles. The van der Waals surface area contributed by atoms with Crippen molar-refractivity contribution in [3.8, 4) is 90.0 Å². The maximum atomic E-state index is 12.5. The molecule has 0 unspecified atom stereocenters. The minimum Gasteiger partial charge on any atom is -0.870 e. The van der Waals surface area contributed by atoms with E-state index in [0.717, 1.165) is 77.9 Å². The first-order chi connectivity index (χ1) is 56.7. The van der Waals surface area contributed by atoms with E-state index in [1.807, 2.05) is 264 Å². The molecule has 9 aromatic carbocycles. The summed E-state index contributed by atoms with van der Waals surface area (Å²) in [6.45, 7) is 20.9. The summed E-state index contributed by atoms with van der Waals surface area (Å²) < 4.78 is 51.8. The first-order valence-electron chi connectivity index (χ1n) is 37.2. The minimum absolute atomic E-state index is 0. The maximum Gasteiger partial charge on any atom is 1.00 e. The van der Waals surface area contributed by atoms with Crippen molar-refractivity contribution >= 4 is 78.8 Å². The molecule has 25 heteroatoms. The number of rotatable bonds is 15. The number of aliphatic hydroxyl groups excluding tert-OH is 1. The van der Waals surface area contributed by atoms with Crippen molar-refractivity contribution in [1.29, 1.82) is 0 Å². The number of carbonyl (C=O) groups excluding carboxylic acids is 4. The minimum atomic E-state index is -1.35. The number of aliphatic hydroxyl groups is 1. The Morgan fingerprint density at radius 2 is 0.675 bits per heavy atom. The SMILES string of the molecule is CCO.CCOC(=O)c1c(C)oc(-c2ccccc2)c1-c1ccc(C)cc1.COC(=O)c1c(C)oc(-c2ccccc2)c1-c1ccc(C)cc1.COC(=O)c1c(C)oc(-c2ccccc2)c1Br.COC(=O)c1cc(-c2ccccc2)oc1C.Cc1ccc(-c2c(-c3ccccc3)oc(C)c2C(=O)O)cc1.Cc1ccc(B(O)O)cc1.[B]=NS.[Na+].[OH-]. The molecule has 0 spiro atoms. The Balaban J connectivity index is 0.000000256.